The predicted octanol–water partition coefficient (Wildman–Crippen LogP) is 9.14. The van der Waals surface area contributed by atoms with E-state index in [0.717, 1.165) is 77.5 Å². The molecule has 6 aromatic carbocycles. The molecule has 210 valence electrons. The molecule has 0 bridgehead atoms. The van der Waals surface area contributed by atoms with Crippen LogP contribution in [0.5, 0.6) is 0 Å². The van der Waals surface area contributed by atoms with E-state index in [-0.39, 0.29) is 0 Å². The van der Waals surface area contributed by atoms with Crippen LogP contribution in [0.1, 0.15) is 0 Å². The maximum atomic E-state index is 5.38. The Hall–Kier alpha value is -6.27. The Bertz CT molecular complexity index is 2750. The Balaban J connectivity index is 1.45. The Kier molecular flexibility index (Phi) is 4.90. The quantitative estimate of drug-likeness (QED) is 0.197. The molecule has 4 heterocycles. The van der Waals surface area contributed by atoms with Crippen LogP contribution in [0.4, 0.5) is 0 Å². The molecule has 0 fully saturated rings. The summed E-state index contributed by atoms with van der Waals surface area (Å²) in [7, 11) is 0. The first-order chi connectivity index (χ1) is 22.3. The van der Waals surface area contributed by atoms with Crippen molar-refractivity contribution in [2.45, 2.75) is 0 Å². The standard InChI is InChI=1S/C39H24N6/c1-3-14-26(15-4-1)34-30-24-23-25-13-7-8-18-28(25)35(30)42-38(41-34)45-36-29-19-9-11-21-32(29)43(27-16-5-2-6-17-27)37(36)44-33-22-12-10-20-31(33)40-39(44)45/h1-24H. The van der Waals surface area contributed by atoms with E-state index < -0.39 is 0 Å². The van der Waals surface area contributed by atoms with Gasteiger partial charge in [0.2, 0.25) is 11.7 Å². The van der Waals surface area contributed by atoms with Crippen molar-refractivity contribution in [3.63, 3.8) is 0 Å². The summed E-state index contributed by atoms with van der Waals surface area (Å²) in [5, 5.41) is 4.36. The molecule has 0 saturated carbocycles. The van der Waals surface area contributed by atoms with Crippen molar-refractivity contribution in [2.75, 3.05) is 0 Å². The van der Waals surface area contributed by atoms with E-state index in [4.69, 9.17) is 15.0 Å². The van der Waals surface area contributed by atoms with Crippen molar-refractivity contribution < 1.29 is 0 Å². The first-order valence-corrected chi connectivity index (χ1v) is 15.1. The van der Waals surface area contributed by atoms with E-state index in [1.807, 2.05) is 12.1 Å². The fourth-order valence-corrected chi connectivity index (χ4v) is 6.90. The van der Waals surface area contributed by atoms with Crippen LogP contribution in [0.25, 0.3) is 83.4 Å². The summed E-state index contributed by atoms with van der Waals surface area (Å²) in [6.45, 7) is 0. The van der Waals surface area contributed by atoms with Crippen LogP contribution < -0.4 is 0 Å². The van der Waals surface area contributed by atoms with Crippen molar-refractivity contribution in [3.05, 3.63) is 146 Å². The fourth-order valence-electron chi connectivity index (χ4n) is 6.90. The highest BCUT2D eigenvalue weighted by molar-refractivity contribution is 6.11. The molecule has 0 N–H and O–H groups in total. The molecule has 4 aromatic heterocycles. The lowest BCUT2D eigenvalue weighted by atomic mass is 10.0. The van der Waals surface area contributed by atoms with Gasteiger partial charge in [-0.1, -0.05) is 109 Å². The first-order valence-electron chi connectivity index (χ1n) is 15.1. The molecule has 0 amide bonds. The average Bonchev–Trinajstić information content (AvgIpc) is 3.75. The molecule has 0 atom stereocenters. The van der Waals surface area contributed by atoms with Gasteiger partial charge in [0.05, 0.1) is 27.8 Å². The molecule has 45 heavy (non-hydrogen) atoms. The number of nitrogens with zero attached hydrogens (tertiary/aromatic N) is 6. The summed E-state index contributed by atoms with van der Waals surface area (Å²) in [5.74, 6) is 1.36. The van der Waals surface area contributed by atoms with Crippen LogP contribution in [0.15, 0.2) is 146 Å². The Morgan fingerprint density at radius 1 is 0.467 bits per heavy atom. The number of hydrogen-bond donors (Lipinski definition) is 0. The summed E-state index contributed by atoms with van der Waals surface area (Å²) in [6.07, 6.45) is 0. The monoisotopic (exact) mass is 576 g/mol. The van der Waals surface area contributed by atoms with Crippen LogP contribution in [0, 0.1) is 0 Å². The summed E-state index contributed by atoms with van der Waals surface area (Å²) in [5.41, 5.74) is 9.03. The van der Waals surface area contributed by atoms with Gasteiger partial charge in [-0.2, -0.15) is 0 Å². The molecule has 10 aromatic rings. The Morgan fingerprint density at radius 2 is 1.16 bits per heavy atom. The molecule has 0 aliphatic rings. The summed E-state index contributed by atoms with van der Waals surface area (Å²) < 4.78 is 6.75. The summed E-state index contributed by atoms with van der Waals surface area (Å²) in [4.78, 5) is 16.0. The molecule has 6 heteroatoms. The number of aromatic nitrogens is 6. The van der Waals surface area contributed by atoms with Crippen molar-refractivity contribution in [1.82, 2.24) is 28.5 Å². The average molecular weight is 577 g/mol. The normalized spacial score (nSPS) is 12.0. The van der Waals surface area contributed by atoms with E-state index in [9.17, 15) is 0 Å². The SMILES string of the molecule is c1ccc(-c2nc(-n3c4c5ccccc5n(-c5ccccc5)c4n4c5ccccc5nc34)nc3c2ccc2ccccc23)cc1. The largest absolute Gasteiger partial charge is 0.294 e. The van der Waals surface area contributed by atoms with E-state index >= 15 is 0 Å². The van der Waals surface area contributed by atoms with Gasteiger partial charge in [0.1, 0.15) is 5.52 Å². The lowest BCUT2D eigenvalue weighted by molar-refractivity contribution is 0.988. The lowest BCUT2D eigenvalue weighted by Crippen LogP contribution is -2.04. The van der Waals surface area contributed by atoms with Crippen LogP contribution in [0.3, 0.4) is 0 Å². The fraction of sp³-hybridized carbons (Fsp3) is 0. The molecule has 0 aliphatic heterocycles. The third-order valence-corrected chi connectivity index (χ3v) is 8.84. The minimum Gasteiger partial charge on any atom is -0.294 e. The van der Waals surface area contributed by atoms with Crippen molar-refractivity contribution in [3.8, 4) is 22.9 Å². The lowest BCUT2D eigenvalue weighted by Gasteiger charge is -2.12. The number of hydrogen-bond acceptors (Lipinski definition) is 3. The molecule has 6 nitrogen and oxygen atoms in total. The first kappa shape index (κ1) is 24.2. The number of rotatable bonds is 3. The molecule has 0 spiro atoms. The zero-order chi connectivity index (χ0) is 29.5. The van der Waals surface area contributed by atoms with Crippen molar-refractivity contribution in [1.29, 1.82) is 0 Å². The molecular weight excluding hydrogens is 552 g/mol. The number of benzene rings is 6. The number of fused-ring (bicyclic) bond motifs is 10. The van der Waals surface area contributed by atoms with E-state index in [1.165, 1.54) is 0 Å². The van der Waals surface area contributed by atoms with Gasteiger partial charge >= 0.3 is 0 Å². The molecule has 0 radical (unpaired) electrons. The highest BCUT2D eigenvalue weighted by Crippen LogP contribution is 2.39. The maximum Gasteiger partial charge on any atom is 0.238 e. The third kappa shape index (κ3) is 3.36. The zero-order valence-electron chi connectivity index (χ0n) is 24.0. The van der Waals surface area contributed by atoms with Gasteiger partial charge < -0.3 is 0 Å². The minimum atomic E-state index is 0.587. The van der Waals surface area contributed by atoms with Gasteiger partial charge in [-0.3, -0.25) is 8.97 Å². The van der Waals surface area contributed by atoms with E-state index in [0.29, 0.717) is 5.95 Å². The summed E-state index contributed by atoms with van der Waals surface area (Å²) in [6, 6.07) is 50.5. The molecule has 10 rings (SSSR count). The molecular formula is C39H24N6. The second-order valence-electron chi connectivity index (χ2n) is 11.4. The van der Waals surface area contributed by atoms with Gasteiger partial charge in [0.25, 0.3) is 0 Å². The predicted molar refractivity (Wildman–Crippen MR) is 182 cm³/mol. The third-order valence-electron chi connectivity index (χ3n) is 8.84. The molecule has 0 saturated heterocycles. The van der Waals surface area contributed by atoms with Gasteiger partial charge in [-0.15, -0.1) is 0 Å². The van der Waals surface area contributed by atoms with Crippen LogP contribution in [-0.2, 0) is 0 Å². The number of imidazole rings is 2. The van der Waals surface area contributed by atoms with Crippen molar-refractivity contribution >= 4 is 60.6 Å². The second kappa shape index (κ2) is 9.11. The van der Waals surface area contributed by atoms with Gasteiger partial charge in [0.15, 0.2) is 5.65 Å². The van der Waals surface area contributed by atoms with E-state index in [1.54, 1.807) is 0 Å². The summed E-state index contributed by atoms with van der Waals surface area (Å²) >= 11 is 0. The zero-order valence-corrected chi connectivity index (χ0v) is 24.0. The van der Waals surface area contributed by atoms with Crippen molar-refractivity contribution in [2.24, 2.45) is 0 Å². The van der Waals surface area contributed by atoms with Gasteiger partial charge in [-0.25, -0.2) is 19.5 Å². The van der Waals surface area contributed by atoms with Crippen LogP contribution in [0.2, 0.25) is 0 Å². The highest BCUT2D eigenvalue weighted by Gasteiger charge is 2.27. The molecule has 0 aliphatic carbocycles. The minimum absolute atomic E-state index is 0.587. The smallest absolute Gasteiger partial charge is 0.238 e. The Labute approximate surface area is 257 Å². The van der Waals surface area contributed by atoms with E-state index in [2.05, 4.69) is 147 Å². The Morgan fingerprint density at radius 3 is 2.00 bits per heavy atom. The molecule has 0 unspecified atom stereocenters. The number of para-hydroxylation sites is 4. The topological polar surface area (TPSA) is 52.9 Å². The van der Waals surface area contributed by atoms with Gasteiger partial charge in [0, 0.05) is 27.4 Å². The van der Waals surface area contributed by atoms with Crippen LogP contribution in [-0.4, -0.2) is 28.5 Å². The maximum absolute atomic E-state index is 5.38. The highest BCUT2D eigenvalue weighted by atomic mass is 15.3. The second-order valence-corrected chi connectivity index (χ2v) is 11.4. The van der Waals surface area contributed by atoms with Crippen LogP contribution >= 0.6 is 0 Å². The van der Waals surface area contributed by atoms with Gasteiger partial charge in [-0.05, 0) is 41.8 Å².